The number of methoxy groups -OCH3 is 1. The van der Waals surface area contributed by atoms with Crippen LogP contribution in [0.2, 0.25) is 0 Å². The number of hydrogen-bond acceptors (Lipinski definition) is 9. The summed E-state index contributed by atoms with van der Waals surface area (Å²) in [6.45, 7) is 12.9. The van der Waals surface area contributed by atoms with Crippen LogP contribution in [0.5, 0.6) is 5.75 Å². The third-order valence-corrected chi connectivity index (χ3v) is 9.37. The summed E-state index contributed by atoms with van der Waals surface area (Å²) in [5, 5.41) is 11.5. The van der Waals surface area contributed by atoms with E-state index in [0.29, 0.717) is 36.1 Å². The van der Waals surface area contributed by atoms with Gasteiger partial charge in [0.15, 0.2) is 0 Å². The molecule has 43 heavy (non-hydrogen) atoms. The maximum Gasteiger partial charge on any atom is 0.482 e. The van der Waals surface area contributed by atoms with E-state index in [-0.39, 0.29) is 24.0 Å². The van der Waals surface area contributed by atoms with Gasteiger partial charge in [-0.1, -0.05) is 31.2 Å². The normalized spacial score (nSPS) is 26.5. The third-order valence-electron chi connectivity index (χ3n) is 9.37. The van der Waals surface area contributed by atoms with E-state index in [1.165, 1.54) is 11.8 Å². The van der Waals surface area contributed by atoms with Gasteiger partial charge in [-0.3, -0.25) is 4.79 Å². The maximum atomic E-state index is 13.4. The Labute approximate surface area is 255 Å². The van der Waals surface area contributed by atoms with Crippen molar-refractivity contribution in [2.45, 2.75) is 97.1 Å². The second kappa shape index (κ2) is 11.5. The van der Waals surface area contributed by atoms with Gasteiger partial charge in [0.25, 0.3) is 0 Å². The van der Waals surface area contributed by atoms with Crippen molar-refractivity contribution in [1.29, 1.82) is 0 Å². The molecule has 12 heteroatoms. The van der Waals surface area contributed by atoms with Crippen molar-refractivity contribution < 1.29 is 28.4 Å². The Bertz CT molecular complexity index is 1360. The van der Waals surface area contributed by atoms with Crippen LogP contribution in [0.4, 0.5) is 0 Å². The van der Waals surface area contributed by atoms with Crippen molar-refractivity contribution in [1.82, 2.24) is 25.2 Å². The molecule has 2 aromatic rings. The van der Waals surface area contributed by atoms with Crippen LogP contribution in [-0.4, -0.2) is 83.3 Å². The second-order valence-electron chi connectivity index (χ2n) is 14.4. The molecule has 3 saturated carbocycles. The Hall–Kier alpha value is -2.96. The van der Waals surface area contributed by atoms with E-state index >= 15 is 0 Å². The molecule has 5 atom stereocenters. The molecule has 2 bridgehead atoms. The van der Waals surface area contributed by atoms with Crippen LogP contribution in [0.3, 0.4) is 0 Å². The first-order valence-corrected chi connectivity index (χ1v) is 15.2. The predicted molar refractivity (Wildman–Crippen MR) is 161 cm³/mol. The number of rotatable bonds is 10. The highest BCUT2D eigenvalue weighted by molar-refractivity contribution is 6.48. The van der Waals surface area contributed by atoms with Crippen LogP contribution >= 0.6 is 0 Å². The minimum atomic E-state index is -0.677. The molecule has 1 amide bonds. The Kier molecular flexibility index (Phi) is 8.43. The van der Waals surface area contributed by atoms with Crippen LogP contribution in [-0.2, 0) is 38.4 Å². The van der Waals surface area contributed by atoms with Gasteiger partial charge >= 0.3 is 13.1 Å². The van der Waals surface area contributed by atoms with Crippen molar-refractivity contribution in [3.05, 3.63) is 41.2 Å². The number of esters is 1. The molecule has 5 unspecified atom stereocenters. The average Bonchev–Trinajstić information content (AvgIpc) is 3.49. The van der Waals surface area contributed by atoms with Crippen LogP contribution < -0.4 is 10.1 Å². The number of amides is 1. The molecule has 1 aliphatic heterocycles. The molecule has 234 valence electrons. The van der Waals surface area contributed by atoms with Crippen molar-refractivity contribution in [2.24, 2.45) is 17.3 Å². The molecule has 0 radical (unpaired) electrons. The Morgan fingerprint density at radius 3 is 2.63 bits per heavy atom. The highest BCUT2D eigenvalue weighted by Gasteiger charge is 2.68. The minimum Gasteiger partial charge on any atom is -0.496 e. The predicted octanol–water partition coefficient (Wildman–Crippen LogP) is 3.30. The molecule has 4 aliphatic rings. The van der Waals surface area contributed by atoms with E-state index in [4.69, 9.17) is 18.8 Å². The quantitative estimate of drug-likeness (QED) is 0.326. The average molecular weight is 596 g/mol. The fourth-order valence-corrected chi connectivity index (χ4v) is 7.22. The van der Waals surface area contributed by atoms with E-state index in [0.717, 1.165) is 24.1 Å². The fraction of sp³-hybridized carbons (Fsp3) is 0.677. The summed E-state index contributed by atoms with van der Waals surface area (Å²) in [6, 6.07) is 5.38. The Morgan fingerprint density at radius 2 is 1.98 bits per heavy atom. The van der Waals surface area contributed by atoms with Gasteiger partial charge in [-0.2, -0.15) is 0 Å². The van der Waals surface area contributed by atoms with Crippen molar-refractivity contribution in [3.63, 3.8) is 0 Å². The van der Waals surface area contributed by atoms with Gasteiger partial charge in [-0.05, 0) is 89.9 Å². The molecule has 1 N–H and O–H groups in total. The van der Waals surface area contributed by atoms with Crippen LogP contribution in [0, 0.1) is 17.3 Å². The van der Waals surface area contributed by atoms with Crippen molar-refractivity contribution >= 4 is 19.0 Å². The number of nitrogens with one attached hydrogen (secondary N) is 1. The SMILES string of the molecule is COc1c(CC(NC(=O)Cn2cc(CN(C)C)nn2)B2OC3CC4CC(C4(C)C)C3(C)O2)cccc1C(=O)OC(C)(C)C. The zero-order chi connectivity index (χ0) is 31.3. The largest absolute Gasteiger partial charge is 0.496 e. The first kappa shape index (κ1) is 31.5. The lowest BCUT2D eigenvalue weighted by molar-refractivity contribution is -0.199. The summed E-state index contributed by atoms with van der Waals surface area (Å²) in [7, 11) is 4.76. The number of benzene rings is 1. The van der Waals surface area contributed by atoms with Gasteiger partial charge < -0.3 is 29.0 Å². The third kappa shape index (κ3) is 6.32. The summed E-state index contributed by atoms with van der Waals surface area (Å²) < 4.78 is 26.3. The monoisotopic (exact) mass is 595 g/mol. The number of carbonyl (C=O) groups is 2. The molecule has 6 rings (SSSR count). The number of aromatic nitrogens is 3. The van der Waals surface area contributed by atoms with Crippen molar-refractivity contribution in [3.8, 4) is 5.75 Å². The summed E-state index contributed by atoms with van der Waals surface area (Å²) in [5.74, 6) is 0.111. The van der Waals surface area contributed by atoms with E-state index in [1.807, 2.05) is 45.8 Å². The summed E-state index contributed by atoms with van der Waals surface area (Å²) in [5.41, 5.74) is 0.925. The number of ether oxygens (including phenoxy) is 2. The lowest BCUT2D eigenvalue weighted by atomic mass is 9.43. The van der Waals surface area contributed by atoms with Crippen LogP contribution in [0.15, 0.2) is 24.4 Å². The highest BCUT2D eigenvalue weighted by Crippen LogP contribution is 2.65. The number of para-hydroxylation sites is 1. The molecule has 11 nitrogen and oxygen atoms in total. The van der Waals surface area contributed by atoms with Crippen LogP contribution in [0.25, 0.3) is 0 Å². The number of nitrogens with zero attached hydrogens (tertiary/aromatic N) is 4. The van der Waals surface area contributed by atoms with E-state index in [1.54, 1.807) is 18.3 Å². The zero-order valence-electron chi connectivity index (χ0n) is 27.0. The molecule has 0 spiro atoms. The number of hydrogen-bond donors (Lipinski definition) is 1. The molecule has 3 aliphatic carbocycles. The molecular weight excluding hydrogens is 549 g/mol. The van der Waals surface area contributed by atoms with Crippen LogP contribution in [0.1, 0.15) is 76.0 Å². The lowest BCUT2D eigenvalue weighted by Gasteiger charge is -2.64. The van der Waals surface area contributed by atoms with Crippen molar-refractivity contribution in [2.75, 3.05) is 21.2 Å². The molecule has 1 aromatic carbocycles. The summed E-state index contributed by atoms with van der Waals surface area (Å²) in [4.78, 5) is 28.5. The van der Waals surface area contributed by atoms with E-state index in [9.17, 15) is 9.59 Å². The summed E-state index contributed by atoms with van der Waals surface area (Å²) in [6.07, 6.45) is 4.10. The maximum absolute atomic E-state index is 13.4. The number of carbonyl (C=O) groups excluding carboxylic acids is 2. The fourth-order valence-electron chi connectivity index (χ4n) is 7.22. The molecule has 1 aromatic heterocycles. The van der Waals surface area contributed by atoms with E-state index in [2.05, 4.69) is 36.4 Å². The Balaban J connectivity index is 1.40. The molecule has 2 heterocycles. The minimum absolute atomic E-state index is 0.00282. The smallest absolute Gasteiger partial charge is 0.482 e. The van der Waals surface area contributed by atoms with Gasteiger partial charge in [0.05, 0.1) is 36.6 Å². The van der Waals surface area contributed by atoms with Gasteiger partial charge in [-0.25, -0.2) is 9.48 Å². The Morgan fingerprint density at radius 1 is 1.23 bits per heavy atom. The van der Waals surface area contributed by atoms with Gasteiger partial charge in [0.2, 0.25) is 5.91 Å². The zero-order valence-corrected chi connectivity index (χ0v) is 27.0. The van der Waals surface area contributed by atoms with E-state index < -0.39 is 30.2 Å². The van der Waals surface area contributed by atoms with Gasteiger partial charge in [-0.15, -0.1) is 5.10 Å². The molecule has 1 saturated heterocycles. The highest BCUT2D eigenvalue weighted by atomic mass is 16.7. The first-order chi connectivity index (χ1) is 20.1. The molecular formula is C31H46BN5O6. The lowest BCUT2D eigenvalue weighted by Crippen LogP contribution is -2.65. The topological polar surface area (TPSA) is 117 Å². The second-order valence-corrected chi connectivity index (χ2v) is 14.4. The van der Waals surface area contributed by atoms with Gasteiger partial charge in [0.1, 0.15) is 23.5 Å². The standard InChI is InChI=1S/C31H46BN5O6/c1-29(2,3)41-28(39)22-12-10-11-19(27(22)40-9)13-25(33-26(38)18-37-17-21(34-35-37)16-36(7)8)32-42-24-15-20-14-23(30(20,4)5)31(24,6)43-32/h10-12,17,20,23-25H,13-16,18H2,1-9H3,(H,33,38). The first-order valence-electron chi connectivity index (χ1n) is 15.2. The summed E-state index contributed by atoms with van der Waals surface area (Å²) >= 11 is 0. The van der Waals surface area contributed by atoms with Gasteiger partial charge in [0, 0.05) is 6.54 Å². The molecule has 4 fully saturated rings.